The Balaban J connectivity index is 2.67. The van der Waals surface area contributed by atoms with Crippen molar-refractivity contribution in [1.29, 1.82) is 5.26 Å². The monoisotopic (exact) mass is 108 g/mol. The van der Waals surface area contributed by atoms with Gasteiger partial charge in [0.2, 0.25) is 5.76 Å². The number of nitrogens with zero attached hydrogens (tertiary/aromatic N) is 2. The topological polar surface area (TPSA) is 45.4 Å². The van der Waals surface area contributed by atoms with Crippen molar-refractivity contribution in [3.63, 3.8) is 0 Å². The molecule has 0 bridgehead atoms. The first-order valence-electron chi connectivity index (χ1n) is 2.16. The lowest BCUT2D eigenvalue weighted by Gasteiger charge is -2.00. The van der Waals surface area contributed by atoms with E-state index in [1.807, 2.05) is 6.07 Å². The summed E-state index contributed by atoms with van der Waals surface area (Å²) in [5, 5.41) is 8.19. The predicted molar refractivity (Wildman–Crippen MR) is 28.1 cm³/mol. The number of ether oxygens (including phenoxy) is 1. The van der Waals surface area contributed by atoms with Crippen molar-refractivity contribution in [3.8, 4) is 6.07 Å². The molecule has 0 atom stereocenters. The quantitative estimate of drug-likeness (QED) is 0.452. The lowest BCUT2D eigenvalue weighted by molar-refractivity contribution is 0.235. The van der Waals surface area contributed by atoms with Gasteiger partial charge in [0.15, 0.2) is 6.73 Å². The molecule has 3 nitrogen and oxygen atoms in total. The first-order valence-corrected chi connectivity index (χ1v) is 2.16. The second-order valence-corrected chi connectivity index (χ2v) is 1.25. The molecule has 0 saturated carbocycles. The van der Waals surface area contributed by atoms with Gasteiger partial charge in [0, 0.05) is 12.3 Å². The molecule has 0 N–H and O–H groups in total. The van der Waals surface area contributed by atoms with Crippen LogP contribution in [0.25, 0.3) is 0 Å². The van der Waals surface area contributed by atoms with Gasteiger partial charge in [0.25, 0.3) is 0 Å². The Labute approximate surface area is 46.9 Å². The highest BCUT2D eigenvalue weighted by Gasteiger charge is 1.94. The first kappa shape index (κ1) is 4.85. The van der Waals surface area contributed by atoms with Crippen LogP contribution in [0, 0.1) is 11.3 Å². The molecule has 1 heterocycles. The number of rotatable bonds is 0. The van der Waals surface area contributed by atoms with E-state index in [4.69, 9.17) is 10.00 Å². The molecular formula is C5H4N2O. The Bertz CT molecular complexity index is 175. The first-order chi connectivity index (χ1) is 3.93. The van der Waals surface area contributed by atoms with Crippen LogP contribution >= 0.6 is 0 Å². The molecule has 0 unspecified atom stereocenters. The lowest BCUT2D eigenvalue weighted by Crippen LogP contribution is -1.95. The molecule has 40 valence electrons. The van der Waals surface area contributed by atoms with E-state index in [1.165, 1.54) is 6.08 Å². The van der Waals surface area contributed by atoms with Gasteiger partial charge in [-0.1, -0.05) is 0 Å². The molecule has 1 rings (SSSR count). The third-order valence-corrected chi connectivity index (χ3v) is 0.736. The zero-order valence-electron chi connectivity index (χ0n) is 4.16. The summed E-state index contributed by atoms with van der Waals surface area (Å²) in [6, 6.07) is 1.85. The van der Waals surface area contributed by atoms with Crippen molar-refractivity contribution in [2.75, 3.05) is 6.73 Å². The molecule has 3 heteroatoms. The molecule has 0 aromatic heterocycles. The van der Waals surface area contributed by atoms with E-state index in [9.17, 15) is 0 Å². The van der Waals surface area contributed by atoms with Crippen LogP contribution < -0.4 is 0 Å². The van der Waals surface area contributed by atoms with Gasteiger partial charge < -0.3 is 4.74 Å². The van der Waals surface area contributed by atoms with Crippen LogP contribution in [-0.2, 0) is 4.74 Å². The maximum absolute atomic E-state index is 8.19. The van der Waals surface area contributed by atoms with Crippen LogP contribution in [0.4, 0.5) is 0 Å². The summed E-state index contributed by atoms with van der Waals surface area (Å²) in [7, 11) is 0. The minimum absolute atomic E-state index is 0.277. The minimum Gasteiger partial charge on any atom is -0.461 e. The summed E-state index contributed by atoms with van der Waals surface area (Å²) >= 11 is 0. The predicted octanol–water partition coefficient (Wildman–Crippen LogP) is 0.452. The second kappa shape index (κ2) is 2.12. The smallest absolute Gasteiger partial charge is 0.200 e. The van der Waals surface area contributed by atoms with Crippen molar-refractivity contribution in [2.24, 2.45) is 4.99 Å². The van der Waals surface area contributed by atoms with Gasteiger partial charge in [-0.15, -0.1) is 0 Å². The van der Waals surface area contributed by atoms with Crippen molar-refractivity contribution >= 4 is 6.21 Å². The van der Waals surface area contributed by atoms with Crippen molar-refractivity contribution in [1.82, 2.24) is 0 Å². The fourth-order valence-electron chi connectivity index (χ4n) is 0.388. The number of nitriles is 1. The zero-order valence-corrected chi connectivity index (χ0v) is 4.16. The van der Waals surface area contributed by atoms with Crippen LogP contribution in [0.5, 0.6) is 0 Å². The van der Waals surface area contributed by atoms with E-state index >= 15 is 0 Å². The van der Waals surface area contributed by atoms with Crippen molar-refractivity contribution in [2.45, 2.75) is 0 Å². The van der Waals surface area contributed by atoms with E-state index in [2.05, 4.69) is 4.99 Å². The third-order valence-electron chi connectivity index (χ3n) is 0.736. The SMILES string of the molecule is N#CC1=CC=NCO1. The van der Waals surface area contributed by atoms with Crippen LogP contribution in [0.15, 0.2) is 16.8 Å². The molecule has 0 aromatic rings. The molecule has 0 saturated heterocycles. The average Bonchev–Trinajstić information content (AvgIpc) is 1.90. The fraction of sp³-hybridized carbons (Fsp3) is 0.200. The van der Waals surface area contributed by atoms with Crippen LogP contribution in [0.1, 0.15) is 0 Å². The fourth-order valence-corrected chi connectivity index (χ4v) is 0.388. The summed E-state index contributed by atoms with van der Waals surface area (Å²) in [5.41, 5.74) is 0. The Morgan fingerprint density at radius 3 is 3.12 bits per heavy atom. The van der Waals surface area contributed by atoms with Crippen molar-refractivity contribution in [3.05, 3.63) is 11.8 Å². The summed E-state index contributed by atoms with van der Waals surface area (Å²) in [6.45, 7) is 0.277. The highest BCUT2D eigenvalue weighted by atomic mass is 16.5. The van der Waals surface area contributed by atoms with E-state index in [0.29, 0.717) is 5.76 Å². The standard InChI is InChI=1S/C5H4N2O/c6-3-5-1-2-7-4-8-5/h1-2H,4H2. The summed E-state index contributed by atoms with van der Waals surface area (Å²) < 4.78 is 4.73. The van der Waals surface area contributed by atoms with E-state index < -0.39 is 0 Å². The summed E-state index contributed by atoms with van der Waals surface area (Å²) in [6.07, 6.45) is 3.09. The van der Waals surface area contributed by atoms with Gasteiger partial charge in [-0.05, 0) is 0 Å². The number of hydrogen-bond acceptors (Lipinski definition) is 3. The molecule has 1 aliphatic heterocycles. The van der Waals surface area contributed by atoms with Gasteiger partial charge in [-0.2, -0.15) is 5.26 Å². The van der Waals surface area contributed by atoms with E-state index in [-0.39, 0.29) is 6.73 Å². The van der Waals surface area contributed by atoms with Gasteiger partial charge in [-0.25, -0.2) is 0 Å². The van der Waals surface area contributed by atoms with Gasteiger partial charge in [-0.3, -0.25) is 4.99 Å². The highest BCUT2D eigenvalue weighted by molar-refractivity contribution is 5.73. The van der Waals surface area contributed by atoms with Crippen LogP contribution in [0.2, 0.25) is 0 Å². The highest BCUT2D eigenvalue weighted by Crippen LogP contribution is 1.96. The average molecular weight is 108 g/mol. The molecule has 0 amide bonds. The second-order valence-electron chi connectivity index (χ2n) is 1.25. The summed E-state index contributed by atoms with van der Waals surface area (Å²) in [4.78, 5) is 3.70. The van der Waals surface area contributed by atoms with Crippen LogP contribution in [-0.4, -0.2) is 12.9 Å². The van der Waals surface area contributed by atoms with Gasteiger partial charge in [0.1, 0.15) is 6.07 Å². The zero-order chi connectivity index (χ0) is 5.82. The third kappa shape index (κ3) is 0.850. The molecule has 0 fully saturated rings. The Kier molecular flexibility index (Phi) is 1.29. The normalized spacial score (nSPS) is 16.1. The van der Waals surface area contributed by atoms with Crippen LogP contribution in [0.3, 0.4) is 0 Å². The maximum Gasteiger partial charge on any atom is 0.200 e. The maximum atomic E-state index is 8.19. The molecule has 1 aliphatic rings. The lowest BCUT2D eigenvalue weighted by atomic mass is 10.5. The van der Waals surface area contributed by atoms with E-state index in [1.54, 1.807) is 6.21 Å². The Morgan fingerprint density at radius 2 is 2.75 bits per heavy atom. The van der Waals surface area contributed by atoms with Gasteiger partial charge in [0.05, 0.1) is 0 Å². The Hall–Kier alpha value is -1.30. The number of allylic oxidation sites excluding steroid dienone is 2. The van der Waals surface area contributed by atoms with Crippen molar-refractivity contribution < 1.29 is 4.74 Å². The molecule has 0 radical (unpaired) electrons. The molecule has 8 heavy (non-hydrogen) atoms. The Morgan fingerprint density at radius 1 is 1.88 bits per heavy atom. The molecule has 0 aromatic carbocycles. The van der Waals surface area contributed by atoms with Gasteiger partial charge >= 0.3 is 0 Å². The number of aliphatic imine (C=N–C) groups is 1. The summed E-state index contributed by atoms with van der Waals surface area (Å²) in [5.74, 6) is 0.333. The minimum atomic E-state index is 0.277. The molecule has 0 aliphatic carbocycles. The molecular weight excluding hydrogens is 104 g/mol. The number of hydrogen-bond donors (Lipinski definition) is 0. The van der Waals surface area contributed by atoms with E-state index in [0.717, 1.165) is 0 Å². The molecule has 0 spiro atoms. The largest absolute Gasteiger partial charge is 0.461 e.